The van der Waals surface area contributed by atoms with E-state index in [1.54, 1.807) is 4.90 Å². The molecule has 21 heavy (non-hydrogen) atoms. The Bertz CT molecular complexity index is 540. The third kappa shape index (κ3) is 3.56. The summed E-state index contributed by atoms with van der Waals surface area (Å²) in [6.07, 6.45) is 4.07. The van der Waals surface area contributed by atoms with Crippen molar-refractivity contribution in [2.24, 2.45) is 5.92 Å². The molecule has 0 atom stereocenters. The highest BCUT2D eigenvalue weighted by Gasteiger charge is 2.28. The van der Waals surface area contributed by atoms with E-state index in [1.807, 2.05) is 0 Å². The Morgan fingerprint density at radius 1 is 1.43 bits per heavy atom. The van der Waals surface area contributed by atoms with E-state index < -0.39 is 16.6 Å². The van der Waals surface area contributed by atoms with Gasteiger partial charge in [0.05, 0.1) is 4.92 Å². The van der Waals surface area contributed by atoms with Gasteiger partial charge in [0, 0.05) is 19.2 Å². The molecule has 0 bridgehead atoms. The number of hydrogen-bond acceptors (Lipinski definition) is 3. The number of rotatable bonds is 4. The fourth-order valence-electron chi connectivity index (χ4n) is 2.84. The van der Waals surface area contributed by atoms with Crippen LogP contribution in [-0.2, 0) is 0 Å². The molecule has 6 heteroatoms. The van der Waals surface area contributed by atoms with Gasteiger partial charge in [-0.2, -0.15) is 0 Å². The van der Waals surface area contributed by atoms with Crippen molar-refractivity contribution in [3.05, 3.63) is 39.7 Å². The molecule has 1 amide bonds. The van der Waals surface area contributed by atoms with E-state index in [1.165, 1.54) is 0 Å². The highest BCUT2D eigenvalue weighted by molar-refractivity contribution is 5.98. The lowest BCUT2D eigenvalue weighted by atomic mass is 9.92. The van der Waals surface area contributed by atoms with Crippen LogP contribution in [0.3, 0.4) is 0 Å². The number of benzene rings is 1. The molecular weight excluding hydrogens is 275 g/mol. The zero-order chi connectivity index (χ0) is 15.4. The molecule has 1 heterocycles. The highest BCUT2D eigenvalue weighted by atomic mass is 19.1. The monoisotopic (exact) mass is 294 g/mol. The van der Waals surface area contributed by atoms with Gasteiger partial charge in [0.1, 0.15) is 11.4 Å². The van der Waals surface area contributed by atoms with E-state index in [4.69, 9.17) is 0 Å². The van der Waals surface area contributed by atoms with Crippen LogP contribution in [0.4, 0.5) is 10.1 Å². The molecule has 0 aromatic heterocycles. The number of amides is 1. The normalized spacial score (nSPS) is 16.0. The number of piperidine rings is 1. The molecule has 5 nitrogen and oxygen atoms in total. The molecule has 0 saturated carbocycles. The standard InChI is InChI=1S/C15H19FN2O3/c1-2-3-11-6-8-17(9-7-11)15(19)13-10-12(16)4-5-14(13)18(20)21/h4-5,10-11H,2-3,6-9H2,1H3. The molecule has 1 fully saturated rings. The van der Waals surface area contributed by atoms with Crippen LogP contribution in [-0.4, -0.2) is 28.8 Å². The zero-order valence-corrected chi connectivity index (χ0v) is 12.0. The van der Waals surface area contributed by atoms with Crippen LogP contribution < -0.4 is 0 Å². The fourth-order valence-corrected chi connectivity index (χ4v) is 2.84. The summed E-state index contributed by atoms with van der Waals surface area (Å²) in [6, 6.07) is 3.01. The first-order chi connectivity index (χ1) is 10.0. The van der Waals surface area contributed by atoms with E-state index in [0.29, 0.717) is 19.0 Å². The van der Waals surface area contributed by atoms with Crippen molar-refractivity contribution >= 4 is 11.6 Å². The van der Waals surface area contributed by atoms with Crippen LogP contribution in [0.15, 0.2) is 18.2 Å². The van der Waals surface area contributed by atoms with Gasteiger partial charge in [-0.3, -0.25) is 14.9 Å². The summed E-state index contributed by atoms with van der Waals surface area (Å²) in [5.74, 6) is -0.470. The summed E-state index contributed by atoms with van der Waals surface area (Å²) in [7, 11) is 0. The second-order valence-electron chi connectivity index (χ2n) is 5.44. The molecule has 1 aromatic carbocycles. The Kier molecular flexibility index (Phi) is 4.88. The molecule has 1 aromatic rings. The quantitative estimate of drug-likeness (QED) is 0.631. The molecule has 1 aliphatic heterocycles. The van der Waals surface area contributed by atoms with Crippen LogP contribution >= 0.6 is 0 Å². The van der Waals surface area contributed by atoms with Gasteiger partial charge in [-0.15, -0.1) is 0 Å². The van der Waals surface area contributed by atoms with E-state index in [9.17, 15) is 19.3 Å². The predicted octanol–water partition coefficient (Wildman–Crippen LogP) is 3.39. The number of hydrogen-bond donors (Lipinski definition) is 0. The van der Waals surface area contributed by atoms with Crippen molar-refractivity contribution in [3.63, 3.8) is 0 Å². The largest absolute Gasteiger partial charge is 0.338 e. The lowest BCUT2D eigenvalue weighted by Gasteiger charge is -2.31. The van der Waals surface area contributed by atoms with Crippen molar-refractivity contribution < 1.29 is 14.1 Å². The maximum Gasteiger partial charge on any atom is 0.282 e. The van der Waals surface area contributed by atoms with E-state index >= 15 is 0 Å². The Morgan fingerprint density at radius 3 is 2.67 bits per heavy atom. The summed E-state index contributed by atoms with van der Waals surface area (Å²) in [4.78, 5) is 24.3. The lowest BCUT2D eigenvalue weighted by Crippen LogP contribution is -2.38. The van der Waals surface area contributed by atoms with Crippen LogP contribution in [0.25, 0.3) is 0 Å². The van der Waals surface area contributed by atoms with Gasteiger partial charge in [-0.25, -0.2) is 4.39 Å². The number of carbonyl (C=O) groups excluding carboxylic acids is 1. The summed E-state index contributed by atoms with van der Waals surface area (Å²) in [5.41, 5.74) is -0.494. The van der Waals surface area contributed by atoms with Gasteiger partial charge >= 0.3 is 0 Å². The molecule has 2 rings (SSSR count). The molecule has 0 aliphatic carbocycles. The number of carbonyl (C=O) groups is 1. The van der Waals surface area contributed by atoms with Gasteiger partial charge in [0.25, 0.3) is 11.6 Å². The summed E-state index contributed by atoms with van der Waals surface area (Å²) < 4.78 is 13.3. The minimum atomic E-state index is -0.642. The maximum absolute atomic E-state index is 13.3. The van der Waals surface area contributed by atoms with Gasteiger partial charge in [-0.05, 0) is 30.9 Å². The fraction of sp³-hybridized carbons (Fsp3) is 0.533. The van der Waals surface area contributed by atoms with E-state index in [0.717, 1.165) is 43.9 Å². The first-order valence-corrected chi connectivity index (χ1v) is 7.26. The second-order valence-corrected chi connectivity index (χ2v) is 5.44. The molecule has 114 valence electrons. The van der Waals surface area contributed by atoms with Crippen LogP contribution in [0, 0.1) is 21.8 Å². The van der Waals surface area contributed by atoms with Crippen LogP contribution in [0.1, 0.15) is 43.0 Å². The Hall–Kier alpha value is -1.98. The van der Waals surface area contributed by atoms with Crippen LogP contribution in [0.2, 0.25) is 0 Å². The van der Waals surface area contributed by atoms with Crippen molar-refractivity contribution in [3.8, 4) is 0 Å². The molecule has 1 saturated heterocycles. The van der Waals surface area contributed by atoms with Crippen LogP contribution in [0.5, 0.6) is 0 Å². The highest BCUT2D eigenvalue weighted by Crippen LogP contribution is 2.26. The Balaban J connectivity index is 2.14. The van der Waals surface area contributed by atoms with Crippen molar-refractivity contribution in [1.29, 1.82) is 0 Å². The van der Waals surface area contributed by atoms with Gasteiger partial charge in [0.15, 0.2) is 0 Å². The minimum absolute atomic E-state index is 0.158. The number of halogens is 1. The molecule has 1 aliphatic rings. The number of nitrogens with zero attached hydrogens (tertiary/aromatic N) is 2. The number of nitro groups is 1. The van der Waals surface area contributed by atoms with E-state index in [2.05, 4.69) is 6.92 Å². The zero-order valence-electron chi connectivity index (χ0n) is 12.0. The second kappa shape index (κ2) is 6.65. The molecular formula is C15H19FN2O3. The predicted molar refractivity (Wildman–Crippen MR) is 76.6 cm³/mol. The minimum Gasteiger partial charge on any atom is -0.338 e. The summed E-state index contributed by atoms with van der Waals surface area (Å²) >= 11 is 0. The Morgan fingerprint density at radius 2 is 2.10 bits per heavy atom. The van der Waals surface area contributed by atoms with Crippen molar-refractivity contribution in [2.45, 2.75) is 32.6 Å². The summed E-state index contributed by atoms with van der Waals surface area (Å²) in [5, 5.41) is 11.0. The average molecular weight is 294 g/mol. The molecule has 0 unspecified atom stereocenters. The molecule has 0 N–H and O–H groups in total. The lowest BCUT2D eigenvalue weighted by molar-refractivity contribution is -0.385. The maximum atomic E-state index is 13.3. The van der Waals surface area contributed by atoms with Gasteiger partial charge in [-0.1, -0.05) is 19.8 Å². The SMILES string of the molecule is CCCC1CCN(C(=O)c2cc(F)ccc2[N+](=O)[O-])CC1. The average Bonchev–Trinajstić information content (AvgIpc) is 2.47. The van der Waals surface area contributed by atoms with Crippen molar-refractivity contribution in [1.82, 2.24) is 4.90 Å². The molecule has 0 radical (unpaired) electrons. The first kappa shape index (κ1) is 15.4. The Labute approximate surface area is 122 Å². The third-order valence-corrected chi connectivity index (χ3v) is 3.98. The van der Waals surface area contributed by atoms with Crippen molar-refractivity contribution in [2.75, 3.05) is 13.1 Å². The summed E-state index contributed by atoms with van der Waals surface area (Å²) in [6.45, 7) is 3.29. The van der Waals surface area contributed by atoms with Gasteiger partial charge < -0.3 is 4.90 Å². The van der Waals surface area contributed by atoms with Gasteiger partial charge in [0.2, 0.25) is 0 Å². The van der Waals surface area contributed by atoms with E-state index in [-0.39, 0.29) is 11.3 Å². The number of nitro benzene ring substituents is 1. The smallest absolute Gasteiger partial charge is 0.282 e. The number of likely N-dealkylation sites (tertiary alicyclic amines) is 1. The molecule has 0 spiro atoms. The first-order valence-electron chi connectivity index (χ1n) is 7.26. The topological polar surface area (TPSA) is 63.5 Å². The third-order valence-electron chi connectivity index (χ3n) is 3.98.